The zero-order valence-corrected chi connectivity index (χ0v) is 13.4. The summed E-state index contributed by atoms with van der Waals surface area (Å²) in [6.07, 6.45) is 0.510. The summed E-state index contributed by atoms with van der Waals surface area (Å²) >= 11 is 6.34. The summed E-state index contributed by atoms with van der Waals surface area (Å²) in [7, 11) is 1.85. The van der Waals surface area contributed by atoms with Crippen molar-refractivity contribution < 1.29 is 9.84 Å². The Balaban J connectivity index is 2.26. The molecule has 0 saturated carbocycles. The predicted octanol–water partition coefficient (Wildman–Crippen LogP) is 3.31. The SMILES string of the molecule is CCOc1ccccc1C(O)Cc1c(Cl)c(CC)nn1C. The number of benzene rings is 1. The number of nitrogens with zero attached hydrogens (tertiary/aromatic N) is 2. The molecule has 0 spiro atoms. The maximum absolute atomic E-state index is 10.5. The zero-order valence-electron chi connectivity index (χ0n) is 12.6. The lowest BCUT2D eigenvalue weighted by Gasteiger charge is -2.16. The molecule has 1 N–H and O–H groups in total. The number of halogens is 1. The van der Waals surface area contributed by atoms with Crippen LogP contribution in [0.15, 0.2) is 24.3 Å². The van der Waals surface area contributed by atoms with E-state index in [1.54, 1.807) is 4.68 Å². The molecule has 21 heavy (non-hydrogen) atoms. The highest BCUT2D eigenvalue weighted by Crippen LogP contribution is 2.30. The molecule has 1 atom stereocenters. The van der Waals surface area contributed by atoms with E-state index in [4.69, 9.17) is 16.3 Å². The Morgan fingerprint density at radius 1 is 1.33 bits per heavy atom. The molecule has 1 unspecified atom stereocenters. The molecule has 0 aliphatic rings. The summed E-state index contributed by atoms with van der Waals surface area (Å²) in [4.78, 5) is 0. The largest absolute Gasteiger partial charge is 0.493 e. The quantitative estimate of drug-likeness (QED) is 0.890. The Morgan fingerprint density at radius 3 is 2.67 bits per heavy atom. The van der Waals surface area contributed by atoms with Gasteiger partial charge in [0.25, 0.3) is 0 Å². The van der Waals surface area contributed by atoms with Crippen LogP contribution in [0.4, 0.5) is 0 Å². The van der Waals surface area contributed by atoms with Crippen LogP contribution in [0.3, 0.4) is 0 Å². The first kappa shape index (κ1) is 15.9. The minimum Gasteiger partial charge on any atom is -0.493 e. The molecule has 2 aromatic rings. The van der Waals surface area contributed by atoms with E-state index in [0.29, 0.717) is 23.8 Å². The van der Waals surface area contributed by atoms with E-state index in [0.717, 1.165) is 23.4 Å². The second kappa shape index (κ2) is 6.96. The van der Waals surface area contributed by atoms with Crippen LogP contribution in [-0.4, -0.2) is 21.5 Å². The summed E-state index contributed by atoms with van der Waals surface area (Å²) in [6, 6.07) is 7.53. The monoisotopic (exact) mass is 308 g/mol. The molecule has 0 radical (unpaired) electrons. The third kappa shape index (κ3) is 3.39. The van der Waals surface area contributed by atoms with Gasteiger partial charge in [0.05, 0.1) is 29.1 Å². The highest BCUT2D eigenvalue weighted by atomic mass is 35.5. The Labute approximate surface area is 130 Å². The molecule has 0 amide bonds. The van der Waals surface area contributed by atoms with Crippen molar-refractivity contribution in [1.82, 2.24) is 9.78 Å². The third-order valence-electron chi connectivity index (χ3n) is 3.47. The van der Waals surface area contributed by atoms with Crippen LogP contribution in [0.5, 0.6) is 5.75 Å². The molecule has 0 aliphatic carbocycles. The van der Waals surface area contributed by atoms with E-state index in [2.05, 4.69) is 5.10 Å². The summed E-state index contributed by atoms with van der Waals surface area (Å²) in [6.45, 7) is 4.50. The van der Waals surface area contributed by atoms with E-state index in [1.807, 2.05) is 45.2 Å². The molecule has 1 aromatic carbocycles. The molecule has 2 rings (SSSR count). The standard InChI is InChI=1S/C16H21ClN2O2/c1-4-12-16(17)13(19(3)18-12)10-14(20)11-8-6-7-9-15(11)21-5-2/h6-9,14,20H,4-5,10H2,1-3H3. The first-order valence-corrected chi connectivity index (χ1v) is 7.56. The van der Waals surface area contributed by atoms with Crippen LogP contribution in [0.1, 0.15) is 36.9 Å². The van der Waals surface area contributed by atoms with Crippen LogP contribution < -0.4 is 4.74 Å². The molecule has 5 heteroatoms. The first-order chi connectivity index (χ1) is 10.1. The molecule has 1 aromatic heterocycles. The van der Waals surface area contributed by atoms with Crippen molar-refractivity contribution in [3.05, 3.63) is 46.2 Å². The fraction of sp³-hybridized carbons (Fsp3) is 0.438. The van der Waals surface area contributed by atoms with Gasteiger partial charge >= 0.3 is 0 Å². The Bertz CT molecular complexity index is 610. The van der Waals surface area contributed by atoms with Crippen molar-refractivity contribution in [2.45, 2.75) is 32.8 Å². The van der Waals surface area contributed by atoms with Crippen molar-refractivity contribution >= 4 is 11.6 Å². The van der Waals surface area contributed by atoms with Crippen LogP contribution >= 0.6 is 11.6 Å². The van der Waals surface area contributed by atoms with Gasteiger partial charge in [0.15, 0.2) is 0 Å². The lowest BCUT2D eigenvalue weighted by molar-refractivity contribution is 0.170. The average Bonchev–Trinajstić information content (AvgIpc) is 2.75. The second-order valence-corrected chi connectivity index (χ2v) is 5.25. The normalized spacial score (nSPS) is 12.4. The summed E-state index contributed by atoms with van der Waals surface area (Å²) < 4.78 is 7.31. The number of ether oxygens (including phenoxy) is 1. The van der Waals surface area contributed by atoms with Gasteiger partial charge in [-0.1, -0.05) is 36.7 Å². The average molecular weight is 309 g/mol. The van der Waals surface area contributed by atoms with Gasteiger partial charge in [0.2, 0.25) is 0 Å². The lowest BCUT2D eigenvalue weighted by atomic mass is 10.0. The first-order valence-electron chi connectivity index (χ1n) is 7.18. The number of aliphatic hydroxyl groups excluding tert-OH is 1. The smallest absolute Gasteiger partial charge is 0.125 e. The van der Waals surface area contributed by atoms with Crippen molar-refractivity contribution in [3.8, 4) is 5.75 Å². The molecule has 4 nitrogen and oxygen atoms in total. The number of aliphatic hydroxyl groups is 1. The maximum atomic E-state index is 10.5. The van der Waals surface area contributed by atoms with Gasteiger partial charge in [-0.3, -0.25) is 4.68 Å². The maximum Gasteiger partial charge on any atom is 0.125 e. The summed E-state index contributed by atoms with van der Waals surface area (Å²) in [5.74, 6) is 0.710. The van der Waals surface area contributed by atoms with Crippen molar-refractivity contribution in [3.63, 3.8) is 0 Å². The number of rotatable bonds is 6. The molecule has 0 bridgehead atoms. The Morgan fingerprint density at radius 2 is 2.05 bits per heavy atom. The fourth-order valence-electron chi connectivity index (χ4n) is 2.38. The third-order valence-corrected chi connectivity index (χ3v) is 3.90. The highest BCUT2D eigenvalue weighted by Gasteiger charge is 2.19. The molecule has 1 heterocycles. The molecular weight excluding hydrogens is 288 g/mol. The Hall–Kier alpha value is -1.52. The number of hydrogen-bond donors (Lipinski definition) is 1. The fourth-order valence-corrected chi connectivity index (χ4v) is 2.75. The van der Waals surface area contributed by atoms with Crippen LogP contribution in [0, 0.1) is 0 Å². The predicted molar refractivity (Wildman–Crippen MR) is 83.9 cm³/mol. The lowest BCUT2D eigenvalue weighted by Crippen LogP contribution is -2.08. The van der Waals surface area contributed by atoms with Crippen molar-refractivity contribution in [1.29, 1.82) is 0 Å². The minimum atomic E-state index is -0.676. The van der Waals surface area contributed by atoms with Gasteiger partial charge < -0.3 is 9.84 Å². The number of aromatic nitrogens is 2. The highest BCUT2D eigenvalue weighted by molar-refractivity contribution is 6.31. The van der Waals surface area contributed by atoms with Gasteiger partial charge in [-0.2, -0.15) is 5.10 Å². The van der Waals surface area contributed by atoms with Crippen LogP contribution in [0.25, 0.3) is 0 Å². The van der Waals surface area contributed by atoms with Gasteiger partial charge in [0, 0.05) is 19.0 Å². The molecule has 114 valence electrons. The zero-order chi connectivity index (χ0) is 15.4. The molecular formula is C16H21ClN2O2. The number of hydrogen-bond acceptors (Lipinski definition) is 3. The van der Waals surface area contributed by atoms with E-state index in [9.17, 15) is 5.11 Å². The van der Waals surface area contributed by atoms with Gasteiger partial charge in [-0.05, 0) is 19.4 Å². The minimum absolute atomic E-state index is 0.409. The summed E-state index contributed by atoms with van der Waals surface area (Å²) in [5, 5.41) is 15.6. The number of aryl methyl sites for hydroxylation is 2. The van der Waals surface area contributed by atoms with E-state index >= 15 is 0 Å². The van der Waals surface area contributed by atoms with Gasteiger partial charge in [0.1, 0.15) is 5.75 Å². The second-order valence-electron chi connectivity index (χ2n) is 4.88. The van der Waals surface area contributed by atoms with Gasteiger partial charge in [-0.25, -0.2) is 0 Å². The Kier molecular flexibility index (Phi) is 5.26. The number of para-hydroxylation sites is 1. The van der Waals surface area contributed by atoms with Crippen LogP contribution in [-0.2, 0) is 19.9 Å². The molecule has 0 aliphatic heterocycles. The topological polar surface area (TPSA) is 47.3 Å². The molecule has 0 fully saturated rings. The van der Waals surface area contributed by atoms with Crippen molar-refractivity contribution in [2.75, 3.05) is 6.61 Å². The van der Waals surface area contributed by atoms with E-state index < -0.39 is 6.10 Å². The van der Waals surface area contributed by atoms with Gasteiger partial charge in [-0.15, -0.1) is 0 Å². The van der Waals surface area contributed by atoms with Crippen molar-refractivity contribution in [2.24, 2.45) is 7.05 Å². The summed E-state index contributed by atoms with van der Waals surface area (Å²) in [5.41, 5.74) is 2.47. The molecule has 0 saturated heterocycles. The van der Waals surface area contributed by atoms with Crippen LogP contribution in [0.2, 0.25) is 5.02 Å². The van der Waals surface area contributed by atoms with E-state index in [1.165, 1.54) is 0 Å². The van der Waals surface area contributed by atoms with E-state index in [-0.39, 0.29) is 0 Å².